The van der Waals surface area contributed by atoms with Crippen molar-refractivity contribution >= 4 is 41.4 Å². The first-order chi connectivity index (χ1) is 14.6. The molecule has 1 unspecified atom stereocenters. The van der Waals surface area contributed by atoms with Crippen molar-refractivity contribution in [1.82, 2.24) is 15.6 Å². The molecule has 8 heteroatoms. The zero-order valence-electron chi connectivity index (χ0n) is 18.6. The van der Waals surface area contributed by atoms with Crippen molar-refractivity contribution in [2.24, 2.45) is 4.99 Å². The van der Waals surface area contributed by atoms with E-state index >= 15 is 0 Å². The van der Waals surface area contributed by atoms with Crippen LogP contribution in [0.5, 0.6) is 0 Å². The predicted molar refractivity (Wildman–Crippen MR) is 138 cm³/mol. The fraction of sp³-hybridized carbons (Fsp3) is 0.478. The van der Waals surface area contributed by atoms with Crippen LogP contribution in [0.2, 0.25) is 0 Å². The second kappa shape index (κ2) is 12.7. The Hall–Kier alpha value is -2.10. The summed E-state index contributed by atoms with van der Waals surface area (Å²) in [6.07, 6.45) is 4.57. The average molecular weight is 540 g/mol. The van der Waals surface area contributed by atoms with Crippen molar-refractivity contribution in [3.05, 3.63) is 54.0 Å². The Bertz CT molecular complexity index is 827. The van der Waals surface area contributed by atoms with Crippen LogP contribution in [-0.2, 0) is 6.42 Å². The second-order valence-corrected chi connectivity index (χ2v) is 7.81. The fourth-order valence-electron chi connectivity index (χ4n) is 3.63. The molecular weight excluding hydrogens is 506 g/mol. The highest BCUT2D eigenvalue weighted by molar-refractivity contribution is 14.0. The van der Waals surface area contributed by atoms with Gasteiger partial charge in [0.1, 0.15) is 0 Å². The smallest absolute Gasteiger partial charge is 0.191 e. The predicted octanol–water partition coefficient (Wildman–Crippen LogP) is 3.67. The summed E-state index contributed by atoms with van der Waals surface area (Å²) in [7, 11) is 4.10. The molecule has 1 aliphatic rings. The van der Waals surface area contributed by atoms with Crippen molar-refractivity contribution in [1.29, 1.82) is 0 Å². The van der Waals surface area contributed by atoms with Gasteiger partial charge in [0.2, 0.25) is 0 Å². The van der Waals surface area contributed by atoms with Gasteiger partial charge in [-0.1, -0.05) is 12.1 Å². The van der Waals surface area contributed by atoms with Gasteiger partial charge in [-0.05, 0) is 56.0 Å². The molecule has 2 heterocycles. The number of nitrogens with zero attached hydrogens (tertiary/aromatic N) is 4. The number of guanidine groups is 1. The van der Waals surface area contributed by atoms with E-state index in [9.17, 15) is 4.39 Å². The molecule has 3 rings (SSSR count). The van der Waals surface area contributed by atoms with Crippen molar-refractivity contribution in [2.45, 2.75) is 32.2 Å². The number of hydrogen-bond acceptors (Lipinski definition) is 4. The Morgan fingerprint density at radius 3 is 2.71 bits per heavy atom. The highest BCUT2D eigenvalue weighted by Gasteiger charge is 2.25. The number of pyridine rings is 1. The van der Waals surface area contributed by atoms with Gasteiger partial charge in [0.05, 0.1) is 0 Å². The molecule has 0 saturated carbocycles. The quantitative estimate of drug-likeness (QED) is 0.232. The molecule has 1 atom stereocenters. The van der Waals surface area contributed by atoms with Gasteiger partial charge in [0, 0.05) is 58.2 Å². The third-order valence-electron chi connectivity index (χ3n) is 5.26. The first-order valence-corrected chi connectivity index (χ1v) is 10.7. The number of aromatic nitrogens is 1. The van der Waals surface area contributed by atoms with E-state index < -0.39 is 0 Å². The van der Waals surface area contributed by atoms with E-state index in [1.165, 1.54) is 17.3 Å². The van der Waals surface area contributed by atoms with E-state index in [0.29, 0.717) is 5.82 Å². The summed E-state index contributed by atoms with van der Waals surface area (Å²) in [5, 5.41) is 6.82. The SMILES string of the molecule is CCNC(=NCCCc1ccc(N(C)C)cc1)NC1CCN(c2ncccc2F)C1.I. The van der Waals surface area contributed by atoms with Crippen molar-refractivity contribution < 1.29 is 4.39 Å². The van der Waals surface area contributed by atoms with Gasteiger partial charge in [0.15, 0.2) is 17.6 Å². The largest absolute Gasteiger partial charge is 0.378 e. The number of anilines is 2. The number of aliphatic imine (C=N–C) groups is 1. The van der Waals surface area contributed by atoms with Crippen LogP contribution in [0.15, 0.2) is 47.6 Å². The van der Waals surface area contributed by atoms with Crippen molar-refractivity contribution in [3.63, 3.8) is 0 Å². The zero-order chi connectivity index (χ0) is 21.3. The van der Waals surface area contributed by atoms with E-state index in [0.717, 1.165) is 51.4 Å². The standard InChI is InChI=1S/C23H33FN6.HI/c1-4-25-23(27-15-5-7-18-9-11-20(12-10-18)29(2)3)28-19-13-16-30(17-19)22-21(24)8-6-14-26-22;/h6,8-12,14,19H,4-5,7,13,15-17H2,1-3H3,(H2,25,27,28);1H. The zero-order valence-corrected chi connectivity index (χ0v) is 21.0. The topological polar surface area (TPSA) is 55.8 Å². The molecule has 0 amide bonds. The van der Waals surface area contributed by atoms with Crippen LogP contribution in [0.1, 0.15) is 25.3 Å². The lowest BCUT2D eigenvalue weighted by Crippen LogP contribution is -2.44. The lowest BCUT2D eigenvalue weighted by atomic mass is 10.1. The lowest BCUT2D eigenvalue weighted by Gasteiger charge is -2.20. The van der Waals surface area contributed by atoms with Gasteiger partial charge in [-0.2, -0.15) is 0 Å². The van der Waals surface area contributed by atoms with Crippen LogP contribution in [0.3, 0.4) is 0 Å². The molecule has 170 valence electrons. The van der Waals surface area contributed by atoms with Crippen LogP contribution in [-0.4, -0.2) is 57.3 Å². The molecule has 0 bridgehead atoms. The van der Waals surface area contributed by atoms with Crippen LogP contribution >= 0.6 is 24.0 Å². The van der Waals surface area contributed by atoms with Crippen molar-refractivity contribution in [2.75, 3.05) is 50.1 Å². The molecule has 1 fully saturated rings. The number of halogens is 2. The molecule has 0 spiro atoms. The van der Waals surface area contributed by atoms with Crippen LogP contribution in [0, 0.1) is 5.82 Å². The second-order valence-electron chi connectivity index (χ2n) is 7.81. The first-order valence-electron chi connectivity index (χ1n) is 10.7. The van der Waals surface area contributed by atoms with E-state index in [4.69, 9.17) is 4.99 Å². The van der Waals surface area contributed by atoms with Crippen LogP contribution in [0.25, 0.3) is 0 Å². The maximum absolute atomic E-state index is 14.0. The molecule has 1 saturated heterocycles. The lowest BCUT2D eigenvalue weighted by molar-refractivity contribution is 0.612. The van der Waals surface area contributed by atoms with Gasteiger partial charge in [-0.15, -0.1) is 24.0 Å². The van der Waals surface area contributed by atoms with E-state index in [1.807, 2.05) is 4.90 Å². The molecule has 0 radical (unpaired) electrons. The molecule has 1 aliphatic heterocycles. The maximum atomic E-state index is 14.0. The van der Waals surface area contributed by atoms with Gasteiger partial charge >= 0.3 is 0 Å². The summed E-state index contributed by atoms with van der Waals surface area (Å²) in [5.74, 6) is 0.996. The summed E-state index contributed by atoms with van der Waals surface area (Å²) < 4.78 is 14.0. The van der Waals surface area contributed by atoms with Crippen molar-refractivity contribution in [3.8, 4) is 0 Å². The Morgan fingerprint density at radius 2 is 2.03 bits per heavy atom. The number of benzene rings is 1. The minimum absolute atomic E-state index is 0. The summed E-state index contributed by atoms with van der Waals surface area (Å²) in [5.41, 5.74) is 2.55. The first kappa shape index (κ1) is 25.2. The van der Waals surface area contributed by atoms with Gasteiger partial charge in [-0.25, -0.2) is 9.37 Å². The van der Waals surface area contributed by atoms with Gasteiger partial charge < -0.3 is 20.4 Å². The third-order valence-corrected chi connectivity index (χ3v) is 5.26. The van der Waals surface area contributed by atoms with E-state index in [1.54, 1.807) is 12.3 Å². The molecule has 0 aliphatic carbocycles. The molecule has 1 aromatic heterocycles. The van der Waals surface area contributed by atoms with Crippen LogP contribution in [0.4, 0.5) is 15.9 Å². The Kier molecular flexibility index (Phi) is 10.3. The summed E-state index contributed by atoms with van der Waals surface area (Å²) in [4.78, 5) is 13.0. The third kappa shape index (κ3) is 7.52. The Balaban J connectivity index is 0.00000341. The number of rotatable bonds is 8. The molecule has 1 aromatic carbocycles. The van der Waals surface area contributed by atoms with Gasteiger partial charge in [-0.3, -0.25) is 4.99 Å². The number of nitrogens with one attached hydrogen (secondary N) is 2. The van der Waals surface area contributed by atoms with Gasteiger partial charge in [0.25, 0.3) is 0 Å². The molecular formula is C23H34FIN6. The molecule has 6 nitrogen and oxygen atoms in total. The van der Waals surface area contributed by atoms with E-state index in [-0.39, 0.29) is 35.8 Å². The molecule has 2 aromatic rings. The fourth-order valence-corrected chi connectivity index (χ4v) is 3.63. The van der Waals surface area contributed by atoms with E-state index in [2.05, 4.69) is 65.8 Å². The summed E-state index contributed by atoms with van der Waals surface area (Å²) in [6.45, 7) is 5.14. The maximum Gasteiger partial charge on any atom is 0.191 e. The Labute approximate surface area is 202 Å². The molecule has 31 heavy (non-hydrogen) atoms. The molecule has 2 N–H and O–H groups in total. The highest BCUT2D eigenvalue weighted by Crippen LogP contribution is 2.20. The summed E-state index contributed by atoms with van der Waals surface area (Å²) in [6, 6.07) is 12.0. The normalized spacial score (nSPS) is 16.1. The minimum Gasteiger partial charge on any atom is -0.378 e. The average Bonchev–Trinajstić information content (AvgIpc) is 3.20. The monoisotopic (exact) mass is 540 g/mol. The summed E-state index contributed by atoms with van der Waals surface area (Å²) >= 11 is 0. The number of aryl methyl sites for hydroxylation is 1. The minimum atomic E-state index is -0.266. The van der Waals surface area contributed by atoms with Crippen LogP contribution < -0.4 is 20.4 Å². The number of hydrogen-bond donors (Lipinski definition) is 2. The Morgan fingerprint density at radius 1 is 1.26 bits per heavy atom. The highest BCUT2D eigenvalue weighted by atomic mass is 127.